The summed E-state index contributed by atoms with van der Waals surface area (Å²) in [4.78, 5) is 0. The van der Waals surface area contributed by atoms with Crippen molar-refractivity contribution in [2.75, 3.05) is 6.54 Å². The average molecular weight is 216 g/mol. The standard InChI is InChI=1S/C10H11ClFNO/c1-6-7(3-2-4-13)10(14)8(11)5-9(6)12/h2-3,5,14H,4,13H2,1H3/b3-2+. The molecule has 0 heterocycles. The maximum atomic E-state index is 13.2. The first-order valence-corrected chi connectivity index (χ1v) is 4.50. The van der Waals surface area contributed by atoms with Gasteiger partial charge in [-0.05, 0) is 18.6 Å². The monoisotopic (exact) mass is 215 g/mol. The zero-order valence-corrected chi connectivity index (χ0v) is 8.48. The highest BCUT2D eigenvalue weighted by molar-refractivity contribution is 6.32. The number of phenols is 1. The third-order valence-corrected chi connectivity index (χ3v) is 2.21. The minimum Gasteiger partial charge on any atom is -0.506 e. The molecule has 0 amide bonds. The van der Waals surface area contributed by atoms with Gasteiger partial charge in [-0.3, -0.25) is 0 Å². The topological polar surface area (TPSA) is 46.2 Å². The number of hydrogen-bond acceptors (Lipinski definition) is 2. The predicted octanol–water partition coefficient (Wildman–Crippen LogP) is 2.47. The molecule has 0 unspecified atom stereocenters. The van der Waals surface area contributed by atoms with Crippen molar-refractivity contribution in [3.05, 3.63) is 34.1 Å². The van der Waals surface area contributed by atoms with Gasteiger partial charge in [0.05, 0.1) is 5.02 Å². The first kappa shape index (κ1) is 11.0. The van der Waals surface area contributed by atoms with Crippen LogP contribution in [0.1, 0.15) is 11.1 Å². The van der Waals surface area contributed by atoms with Crippen molar-refractivity contribution in [1.82, 2.24) is 0 Å². The number of halogens is 2. The van der Waals surface area contributed by atoms with E-state index in [-0.39, 0.29) is 10.8 Å². The quantitative estimate of drug-likeness (QED) is 0.796. The highest BCUT2D eigenvalue weighted by Gasteiger charge is 2.11. The van der Waals surface area contributed by atoms with Crippen molar-refractivity contribution < 1.29 is 9.50 Å². The largest absolute Gasteiger partial charge is 0.506 e. The Bertz CT molecular complexity index is 351. The van der Waals surface area contributed by atoms with E-state index >= 15 is 0 Å². The van der Waals surface area contributed by atoms with E-state index in [2.05, 4.69) is 0 Å². The molecule has 1 rings (SSSR count). The zero-order chi connectivity index (χ0) is 10.7. The number of hydrogen-bond donors (Lipinski definition) is 2. The molecule has 76 valence electrons. The molecular weight excluding hydrogens is 205 g/mol. The number of aromatic hydroxyl groups is 1. The summed E-state index contributed by atoms with van der Waals surface area (Å²) in [6.07, 6.45) is 3.18. The molecule has 3 N–H and O–H groups in total. The van der Waals surface area contributed by atoms with E-state index in [9.17, 15) is 9.50 Å². The van der Waals surface area contributed by atoms with Gasteiger partial charge in [0.1, 0.15) is 11.6 Å². The van der Waals surface area contributed by atoms with Crippen molar-refractivity contribution in [2.45, 2.75) is 6.92 Å². The molecule has 14 heavy (non-hydrogen) atoms. The smallest absolute Gasteiger partial charge is 0.141 e. The van der Waals surface area contributed by atoms with Crippen molar-refractivity contribution in [3.8, 4) is 5.75 Å². The molecule has 1 aromatic carbocycles. The van der Waals surface area contributed by atoms with Crippen LogP contribution in [0.25, 0.3) is 6.08 Å². The van der Waals surface area contributed by atoms with Crippen LogP contribution in [0.3, 0.4) is 0 Å². The summed E-state index contributed by atoms with van der Waals surface area (Å²) < 4.78 is 13.2. The molecule has 0 atom stereocenters. The number of nitrogens with two attached hydrogens (primary N) is 1. The second kappa shape index (κ2) is 4.44. The number of rotatable bonds is 2. The van der Waals surface area contributed by atoms with Crippen LogP contribution in [-0.2, 0) is 0 Å². The number of phenolic OH excluding ortho intramolecular Hbond substituents is 1. The lowest BCUT2D eigenvalue weighted by atomic mass is 10.1. The minimum absolute atomic E-state index is 0.00442. The van der Waals surface area contributed by atoms with E-state index in [4.69, 9.17) is 17.3 Å². The summed E-state index contributed by atoms with van der Waals surface area (Å²) in [6, 6.07) is 1.09. The van der Waals surface area contributed by atoms with Crippen LogP contribution < -0.4 is 5.73 Å². The average Bonchev–Trinajstić information content (AvgIpc) is 2.15. The van der Waals surface area contributed by atoms with Gasteiger partial charge in [0, 0.05) is 12.1 Å². The van der Waals surface area contributed by atoms with E-state index in [1.807, 2.05) is 0 Å². The lowest BCUT2D eigenvalue weighted by molar-refractivity contribution is 0.471. The zero-order valence-electron chi connectivity index (χ0n) is 7.72. The van der Waals surface area contributed by atoms with Gasteiger partial charge in [-0.25, -0.2) is 4.39 Å². The van der Waals surface area contributed by atoms with Crippen molar-refractivity contribution in [1.29, 1.82) is 0 Å². The molecule has 2 nitrogen and oxygen atoms in total. The Morgan fingerprint density at radius 1 is 1.64 bits per heavy atom. The summed E-state index contributed by atoms with van der Waals surface area (Å²) in [6.45, 7) is 1.90. The lowest BCUT2D eigenvalue weighted by Crippen LogP contribution is -1.94. The highest BCUT2D eigenvalue weighted by atomic mass is 35.5. The van der Waals surface area contributed by atoms with Gasteiger partial charge in [-0.1, -0.05) is 23.8 Å². The van der Waals surface area contributed by atoms with Crippen LogP contribution >= 0.6 is 11.6 Å². The molecule has 0 aliphatic heterocycles. The molecule has 0 aliphatic rings. The van der Waals surface area contributed by atoms with Crippen LogP contribution in [0.4, 0.5) is 4.39 Å². The molecule has 0 aliphatic carbocycles. The van der Waals surface area contributed by atoms with Gasteiger partial charge in [0.25, 0.3) is 0 Å². The first-order valence-electron chi connectivity index (χ1n) is 4.12. The maximum absolute atomic E-state index is 13.2. The summed E-state index contributed by atoms with van der Waals surface area (Å²) >= 11 is 5.61. The van der Waals surface area contributed by atoms with Gasteiger partial charge in [-0.15, -0.1) is 0 Å². The minimum atomic E-state index is -0.440. The first-order chi connectivity index (χ1) is 6.57. The summed E-state index contributed by atoms with van der Waals surface area (Å²) in [5.74, 6) is -0.556. The lowest BCUT2D eigenvalue weighted by Gasteiger charge is -2.06. The molecule has 0 saturated heterocycles. The van der Waals surface area contributed by atoms with Gasteiger partial charge < -0.3 is 10.8 Å². The molecule has 0 bridgehead atoms. The van der Waals surface area contributed by atoms with Crippen LogP contribution in [0, 0.1) is 12.7 Å². The fourth-order valence-electron chi connectivity index (χ4n) is 1.11. The van der Waals surface area contributed by atoms with Crippen molar-refractivity contribution >= 4 is 17.7 Å². The molecular formula is C10H11ClFNO. The van der Waals surface area contributed by atoms with Gasteiger partial charge >= 0.3 is 0 Å². The molecule has 4 heteroatoms. The van der Waals surface area contributed by atoms with E-state index in [1.165, 1.54) is 0 Å². The summed E-state index contributed by atoms with van der Waals surface area (Å²) in [7, 11) is 0. The molecule has 0 aromatic heterocycles. The van der Waals surface area contributed by atoms with Crippen LogP contribution in [0.2, 0.25) is 5.02 Å². The Hall–Kier alpha value is -1.06. The van der Waals surface area contributed by atoms with Gasteiger partial charge in [0.15, 0.2) is 0 Å². The maximum Gasteiger partial charge on any atom is 0.141 e. The molecule has 1 aromatic rings. The Kier molecular flexibility index (Phi) is 3.49. The van der Waals surface area contributed by atoms with Crippen LogP contribution in [-0.4, -0.2) is 11.7 Å². The Labute approximate surface area is 86.8 Å². The fourth-order valence-corrected chi connectivity index (χ4v) is 1.31. The third-order valence-electron chi connectivity index (χ3n) is 1.92. The highest BCUT2D eigenvalue weighted by Crippen LogP contribution is 2.32. The summed E-state index contributed by atoms with van der Waals surface area (Å²) in [5.41, 5.74) is 5.99. The second-order valence-corrected chi connectivity index (χ2v) is 3.27. The van der Waals surface area contributed by atoms with Crippen molar-refractivity contribution in [3.63, 3.8) is 0 Å². The Morgan fingerprint density at radius 2 is 2.29 bits per heavy atom. The van der Waals surface area contributed by atoms with E-state index in [0.29, 0.717) is 17.7 Å². The SMILES string of the molecule is Cc1c(F)cc(Cl)c(O)c1/C=C/CN. The third kappa shape index (κ3) is 2.05. The van der Waals surface area contributed by atoms with Crippen molar-refractivity contribution in [2.24, 2.45) is 5.73 Å². The van der Waals surface area contributed by atoms with E-state index in [0.717, 1.165) is 6.07 Å². The molecule has 0 spiro atoms. The Balaban J connectivity index is 3.32. The fraction of sp³-hybridized carbons (Fsp3) is 0.200. The summed E-state index contributed by atoms with van der Waals surface area (Å²) in [5, 5.41) is 9.54. The van der Waals surface area contributed by atoms with Gasteiger partial charge in [0.2, 0.25) is 0 Å². The molecule has 0 radical (unpaired) electrons. The molecule has 0 saturated carbocycles. The van der Waals surface area contributed by atoms with E-state index < -0.39 is 5.82 Å². The predicted molar refractivity (Wildman–Crippen MR) is 55.9 cm³/mol. The number of benzene rings is 1. The van der Waals surface area contributed by atoms with E-state index in [1.54, 1.807) is 19.1 Å². The van der Waals surface area contributed by atoms with Gasteiger partial charge in [-0.2, -0.15) is 0 Å². The Morgan fingerprint density at radius 3 is 2.86 bits per heavy atom. The van der Waals surface area contributed by atoms with Crippen LogP contribution in [0.5, 0.6) is 5.75 Å². The molecule has 0 fully saturated rings. The second-order valence-electron chi connectivity index (χ2n) is 2.87. The normalized spacial score (nSPS) is 11.1. The van der Waals surface area contributed by atoms with Crippen LogP contribution in [0.15, 0.2) is 12.1 Å².